The molecular formula is C18H19N5O4. The zero-order valence-electron chi connectivity index (χ0n) is 14.6. The summed E-state index contributed by atoms with van der Waals surface area (Å²) in [6.45, 7) is -0.415. The number of aryl methyl sites for hydroxylation is 1. The summed E-state index contributed by atoms with van der Waals surface area (Å²) in [6, 6.07) is 4.95. The molecule has 1 amide bonds. The highest BCUT2D eigenvalue weighted by Crippen LogP contribution is 2.22. The molecule has 4 rings (SSSR count). The summed E-state index contributed by atoms with van der Waals surface area (Å²) >= 11 is 0. The zero-order valence-corrected chi connectivity index (χ0v) is 14.6. The van der Waals surface area contributed by atoms with Crippen LogP contribution in [0.5, 0.6) is 0 Å². The summed E-state index contributed by atoms with van der Waals surface area (Å²) in [5, 5.41) is 9.62. The van der Waals surface area contributed by atoms with E-state index in [0.29, 0.717) is 16.7 Å². The fourth-order valence-electron chi connectivity index (χ4n) is 3.33. The number of amides is 1. The Morgan fingerprint density at radius 3 is 2.81 bits per heavy atom. The normalized spacial score (nSPS) is 13.8. The minimum atomic E-state index is -0.602. The quantitative estimate of drug-likeness (QED) is 0.410. The van der Waals surface area contributed by atoms with E-state index in [1.165, 1.54) is 0 Å². The fraction of sp³-hybridized carbons (Fsp3) is 0.333. The van der Waals surface area contributed by atoms with Crippen molar-refractivity contribution in [2.24, 2.45) is 0 Å². The number of nitrogens with one attached hydrogen (secondary N) is 4. The number of fused-ring (bicyclic) bond motifs is 2. The first-order valence-electron chi connectivity index (χ1n) is 8.85. The molecule has 0 bridgehead atoms. The highest BCUT2D eigenvalue weighted by Gasteiger charge is 2.22. The molecular weight excluding hydrogens is 350 g/mol. The topological polar surface area (TPSA) is 133 Å². The smallest absolute Gasteiger partial charge is 0.359 e. The number of esters is 1. The van der Waals surface area contributed by atoms with Crippen LogP contribution in [0.4, 0.5) is 5.69 Å². The van der Waals surface area contributed by atoms with Gasteiger partial charge >= 0.3 is 11.7 Å². The van der Waals surface area contributed by atoms with E-state index >= 15 is 0 Å². The maximum Gasteiger partial charge on any atom is 0.359 e. The third-order valence-electron chi connectivity index (χ3n) is 4.63. The lowest BCUT2D eigenvalue weighted by Gasteiger charge is -2.07. The number of hydrogen-bond acceptors (Lipinski definition) is 5. The SMILES string of the molecule is O=C(COC(=O)c1n[nH]c2c1CCCCC2)Nc1ccc2[nH]c(=O)[nH]c2c1. The van der Waals surface area contributed by atoms with Gasteiger partial charge in [0.2, 0.25) is 0 Å². The highest BCUT2D eigenvalue weighted by molar-refractivity contribution is 5.96. The molecule has 1 aromatic carbocycles. The van der Waals surface area contributed by atoms with Gasteiger partial charge in [-0.05, 0) is 43.9 Å². The van der Waals surface area contributed by atoms with Crippen LogP contribution in [-0.4, -0.2) is 38.6 Å². The number of benzene rings is 1. The van der Waals surface area contributed by atoms with Gasteiger partial charge in [-0.25, -0.2) is 9.59 Å². The van der Waals surface area contributed by atoms with Crippen molar-refractivity contribution in [3.63, 3.8) is 0 Å². The van der Waals surface area contributed by atoms with Gasteiger partial charge in [0.1, 0.15) is 0 Å². The van der Waals surface area contributed by atoms with Gasteiger partial charge in [0.05, 0.1) is 11.0 Å². The van der Waals surface area contributed by atoms with E-state index in [9.17, 15) is 14.4 Å². The molecule has 0 fully saturated rings. The van der Waals surface area contributed by atoms with Gasteiger partial charge in [0.15, 0.2) is 12.3 Å². The van der Waals surface area contributed by atoms with Crippen molar-refractivity contribution in [3.05, 3.63) is 45.6 Å². The summed E-state index contributed by atoms with van der Waals surface area (Å²) < 4.78 is 5.12. The number of nitrogens with zero attached hydrogens (tertiary/aromatic N) is 1. The van der Waals surface area contributed by atoms with E-state index in [-0.39, 0.29) is 11.4 Å². The van der Waals surface area contributed by atoms with Gasteiger partial charge in [-0.1, -0.05) is 6.42 Å². The minimum absolute atomic E-state index is 0.269. The highest BCUT2D eigenvalue weighted by atomic mass is 16.5. The van der Waals surface area contributed by atoms with Gasteiger partial charge in [-0.3, -0.25) is 9.89 Å². The van der Waals surface area contributed by atoms with E-state index in [0.717, 1.165) is 43.4 Å². The standard InChI is InChI=1S/C18H19N5O4/c24-15(19-10-6-7-13-14(8-10)21-18(26)20-13)9-27-17(25)16-11-4-2-1-3-5-12(11)22-23-16/h6-8H,1-5,9H2,(H,19,24)(H,22,23)(H2,20,21,26). The molecule has 1 aliphatic carbocycles. The number of carbonyl (C=O) groups is 2. The average Bonchev–Trinajstić information content (AvgIpc) is 3.14. The second kappa shape index (κ2) is 7.10. The summed E-state index contributed by atoms with van der Waals surface area (Å²) in [7, 11) is 0. The van der Waals surface area contributed by atoms with Crippen LogP contribution < -0.4 is 11.0 Å². The maximum atomic E-state index is 12.3. The van der Waals surface area contributed by atoms with Crippen LogP contribution in [0.1, 0.15) is 41.0 Å². The number of hydrogen-bond donors (Lipinski definition) is 4. The van der Waals surface area contributed by atoms with Crippen molar-refractivity contribution in [2.75, 3.05) is 11.9 Å². The van der Waals surface area contributed by atoms with Gasteiger partial charge in [-0.15, -0.1) is 0 Å². The molecule has 4 N–H and O–H groups in total. The van der Waals surface area contributed by atoms with Crippen LogP contribution in [0, 0.1) is 0 Å². The zero-order chi connectivity index (χ0) is 18.8. The molecule has 0 saturated heterocycles. The van der Waals surface area contributed by atoms with Crippen molar-refractivity contribution < 1.29 is 14.3 Å². The Labute approximate surface area is 153 Å². The summed E-state index contributed by atoms with van der Waals surface area (Å²) in [4.78, 5) is 40.9. The Hall–Kier alpha value is -3.36. The molecule has 2 heterocycles. The lowest BCUT2D eigenvalue weighted by atomic mass is 10.1. The van der Waals surface area contributed by atoms with E-state index in [2.05, 4.69) is 25.5 Å². The van der Waals surface area contributed by atoms with Crippen LogP contribution in [-0.2, 0) is 22.4 Å². The Morgan fingerprint density at radius 1 is 1.11 bits per heavy atom. The lowest BCUT2D eigenvalue weighted by Crippen LogP contribution is -2.21. The number of imidazole rings is 1. The maximum absolute atomic E-state index is 12.3. The molecule has 0 unspecified atom stereocenters. The van der Waals surface area contributed by atoms with E-state index in [4.69, 9.17) is 4.74 Å². The molecule has 1 aliphatic rings. The third kappa shape index (κ3) is 3.62. The van der Waals surface area contributed by atoms with Crippen LogP contribution in [0.2, 0.25) is 0 Å². The van der Waals surface area contributed by atoms with Gasteiger partial charge in [0, 0.05) is 16.9 Å². The van der Waals surface area contributed by atoms with Crippen molar-refractivity contribution in [1.82, 2.24) is 20.2 Å². The summed E-state index contributed by atoms with van der Waals surface area (Å²) in [5.41, 5.74) is 3.55. The van der Waals surface area contributed by atoms with Crippen LogP contribution >= 0.6 is 0 Å². The molecule has 9 nitrogen and oxygen atoms in total. The Morgan fingerprint density at radius 2 is 1.93 bits per heavy atom. The Kier molecular flexibility index (Phi) is 4.49. The van der Waals surface area contributed by atoms with E-state index in [1.54, 1.807) is 18.2 Å². The fourth-order valence-corrected chi connectivity index (χ4v) is 3.33. The van der Waals surface area contributed by atoms with Crippen molar-refractivity contribution in [3.8, 4) is 0 Å². The number of H-pyrrole nitrogens is 3. The molecule has 3 aromatic rings. The second-order valence-electron chi connectivity index (χ2n) is 6.55. The average molecular weight is 369 g/mol. The first-order valence-corrected chi connectivity index (χ1v) is 8.85. The Bertz CT molecular complexity index is 1060. The van der Waals surface area contributed by atoms with E-state index < -0.39 is 18.5 Å². The molecule has 27 heavy (non-hydrogen) atoms. The first-order chi connectivity index (χ1) is 13.1. The molecule has 0 saturated carbocycles. The van der Waals surface area contributed by atoms with E-state index in [1.807, 2.05) is 0 Å². The molecule has 0 aliphatic heterocycles. The number of anilines is 1. The van der Waals surface area contributed by atoms with Crippen molar-refractivity contribution in [1.29, 1.82) is 0 Å². The Balaban J connectivity index is 1.38. The number of aromatic nitrogens is 4. The number of aromatic amines is 3. The number of carbonyl (C=O) groups excluding carboxylic acids is 2. The van der Waals surface area contributed by atoms with Crippen molar-refractivity contribution in [2.45, 2.75) is 32.1 Å². The van der Waals surface area contributed by atoms with Gasteiger partial charge in [0.25, 0.3) is 5.91 Å². The van der Waals surface area contributed by atoms with Crippen LogP contribution in [0.15, 0.2) is 23.0 Å². The predicted molar refractivity (Wildman–Crippen MR) is 97.7 cm³/mol. The largest absolute Gasteiger partial charge is 0.451 e. The molecule has 2 aromatic heterocycles. The lowest BCUT2D eigenvalue weighted by molar-refractivity contribution is -0.119. The predicted octanol–water partition coefficient (Wildman–Crippen LogP) is 1.64. The molecule has 0 atom stereocenters. The molecule has 9 heteroatoms. The number of rotatable bonds is 4. The van der Waals surface area contributed by atoms with Crippen molar-refractivity contribution >= 4 is 28.6 Å². The molecule has 0 radical (unpaired) electrons. The summed E-state index contributed by atoms with van der Waals surface area (Å²) in [5.74, 6) is -1.07. The number of ether oxygens (including phenoxy) is 1. The van der Waals surface area contributed by atoms with Crippen LogP contribution in [0.25, 0.3) is 11.0 Å². The first kappa shape index (κ1) is 17.1. The van der Waals surface area contributed by atoms with Gasteiger partial charge < -0.3 is 20.0 Å². The minimum Gasteiger partial charge on any atom is -0.451 e. The monoisotopic (exact) mass is 369 g/mol. The second-order valence-corrected chi connectivity index (χ2v) is 6.55. The van der Waals surface area contributed by atoms with Crippen LogP contribution in [0.3, 0.4) is 0 Å². The summed E-state index contributed by atoms with van der Waals surface area (Å²) in [6.07, 6.45) is 4.87. The molecule has 140 valence electrons. The van der Waals surface area contributed by atoms with Gasteiger partial charge in [-0.2, -0.15) is 5.10 Å². The molecule has 0 spiro atoms. The third-order valence-corrected chi connectivity index (χ3v) is 4.63.